The molecule has 0 aliphatic carbocycles. The van der Waals surface area contributed by atoms with Crippen molar-refractivity contribution in [2.45, 2.75) is 451 Å². The Bertz CT molecular complexity index is 3470. The molecule has 0 saturated heterocycles. The number of carbonyl (C=O) groups is 9. The number of unbranched alkanes of at least 4 members (excludes halogenated alkanes) is 23. The minimum absolute atomic E-state index is 0.00874. The van der Waals surface area contributed by atoms with Gasteiger partial charge in [-0.3, -0.25) is 14.4 Å². The van der Waals surface area contributed by atoms with E-state index in [1.54, 1.807) is 62.3 Å². The molecule has 2 rings (SSSR count). The molecule has 0 aliphatic heterocycles. The maximum atomic E-state index is 15.4. The van der Waals surface area contributed by atoms with Crippen LogP contribution in [0.4, 0.5) is 0 Å². The second-order valence-corrected chi connectivity index (χ2v) is 36.5. The summed E-state index contributed by atoms with van der Waals surface area (Å²) in [5.41, 5.74) is -1.32. The molecule has 0 radical (unpaired) electrons. The molecule has 0 aromatic heterocycles. The van der Waals surface area contributed by atoms with Gasteiger partial charge in [-0.05, 0) is 182 Å². The third kappa shape index (κ3) is 58.7. The molecule has 17 unspecified atom stereocenters. The molecule has 2 aromatic rings. The van der Waals surface area contributed by atoms with E-state index in [-0.39, 0.29) is 131 Å². The number of hydrogen-bond donors (Lipinski definition) is 5. The SMILES string of the molecule is CCCCCCCC(OCC(C)O)C(CCCCCCC)OC(=O)c1ccc(C(=O)OC(C)COCC(COCC(C)OC(=O)c2ccc(C(=O)OC(CCCCCCC)C(CCCCCCC(=O)OC)OCC(C)O)cc2C(=O)OC(CCCCCCC)C(CCCCCCC(=O)OC)OCC(C)O)OCC(C)OCC(C)O)c(C(=O)OC(C)C(CCCCC(=O)OC)OCC(C)O)c1. The standard InChI is InChI=1S/C104H176O31/c1-17-21-25-29-37-48-90(127-65-75(7)107)93(51-40-30-26-22-18-2)133-99(113)82-57-59-85(87(61-82)103(117)132-81(13)89(126-64-74(6)106)47-45-46-56-98(112)121-16)101(115)130-79(11)68-122-71-84(125-70-78(10)124-63-73(5)105)72-123-69-80(12)131-102(116)86-60-58-83(100(114)134-94(52-41-31-27-23-19-3)91(128-66-76(8)108)49-38-33-35-43-54-96(110)119-14)62-88(86)104(118)135-95(53-42-32-28-24-20-4)92(129-67-77(9)109)50-39-34-36-44-55-97(111)120-15/h57-62,73-81,84,89-95,105-109H,17-56,63-72H2,1-16H3. The molecule has 0 fully saturated rings. The maximum absolute atomic E-state index is 15.4. The van der Waals surface area contributed by atoms with Crippen LogP contribution >= 0.6 is 0 Å². The zero-order chi connectivity index (χ0) is 100. The van der Waals surface area contributed by atoms with Crippen molar-refractivity contribution < 1.29 is 149 Å². The average molecular weight is 1920 g/mol. The maximum Gasteiger partial charge on any atom is 0.339 e. The Morgan fingerprint density at radius 1 is 0.252 bits per heavy atom. The lowest BCUT2D eigenvalue weighted by Crippen LogP contribution is -2.36. The van der Waals surface area contributed by atoms with Gasteiger partial charge in [0.2, 0.25) is 0 Å². The summed E-state index contributed by atoms with van der Waals surface area (Å²) in [5.74, 6) is -6.54. The van der Waals surface area contributed by atoms with Crippen LogP contribution in [0.1, 0.15) is 409 Å². The van der Waals surface area contributed by atoms with E-state index in [2.05, 4.69) is 27.7 Å². The lowest BCUT2D eigenvalue weighted by Gasteiger charge is -2.29. The Hall–Kier alpha value is -6.85. The van der Waals surface area contributed by atoms with Gasteiger partial charge in [0, 0.05) is 19.3 Å². The van der Waals surface area contributed by atoms with Crippen LogP contribution in [0.25, 0.3) is 0 Å². The van der Waals surface area contributed by atoms with Crippen LogP contribution in [0.5, 0.6) is 0 Å². The Labute approximate surface area is 806 Å². The molecule has 17 atom stereocenters. The molecule has 0 amide bonds. The molecule has 31 nitrogen and oxygen atoms in total. The summed E-state index contributed by atoms with van der Waals surface area (Å²) in [7, 11) is 4.00. The van der Waals surface area contributed by atoms with Crippen LogP contribution in [0.3, 0.4) is 0 Å². The molecule has 778 valence electrons. The third-order valence-electron chi connectivity index (χ3n) is 23.0. The Balaban J connectivity index is 2.78. The molecular weight excluding hydrogens is 1750 g/mol. The number of esters is 9. The van der Waals surface area contributed by atoms with Crippen LogP contribution in [0, 0.1) is 0 Å². The monoisotopic (exact) mass is 1920 g/mol. The van der Waals surface area contributed by atoms with E-state index in [1.165, 1.54) is 57.7 Å². The second kappa shape index (κ2) is 77.0. The van der Waals surface area contributed by atoms with E-state index in [0.717, 1.165) is 128 Å². The second-order valence-electron chi connectivity index (χ2n) is 36.5. The van der Waals surface area contributed by atoms with Gasteiger partial charge in [-0.2, -0.15) is 0 Å². The van der Waals surface area contributed by atoms with Gasteiger partial charge in [0.15, 0.2) is 0 Å². The topological polar surface area (TPSA) is 412 Å². The average Bonchev–Trinajstić information content (AvgIpc) is 0.810. The number of methoxy groups -OCH3 is 3. The molecule has 0 heterocycles. The quantitative estimate of drug-likeness (QED) is 0.0233. The molecule has 0 saturated carbocycles. The lowest BCUT2D eigenvalue weighted by atomic mass is 9.98. The summed E-state index contributed by atoms with van der Waals surface area (Å²) < 4.78 is 102. The first-order valence-corrected chi connectivity index (χ1v) is 50.7. The molecule has 0 aliphatic rings. The van der Waals surface area contributed by atoms with Crippen molar-refractivity contribution in [3.8, 4) is 0 Å². The third-order valence-corrected chi connectivity index (χ3v) is 23.0. The van der Waals surface area contributed by atoms with Gasteiger partial charge in [-0.1, -0.05) is 182 Å². The van der Waals surface area contributed by atoms with Gasteiger partial charge in [0.05, 0.1) is 182 Å². The fraction of sp³-hybridized carbons (Fsp3) is 0.798. The van der Waals surface area contributed by atoms with Crippen molar-refractivity contribution in [1.29, 1.82) is 0 Å². The highest BCUT2D eigenvalue weighted by atomic mass is 16.6. The number of benzene rings is 2. The summed E-state index contributed by atoms with van der Waals surface area (Å²) in [5, 5.41) is 51.8. The molecular formula is C104H176O31. The van der Waals surface area contributed by atoms with Crippen LogP contribution < -0.4 is 0 Å². The lowest BCUT2D eigenvalue weighted by molar-refractivity contribution is -0.141. The Morgan fingerprint density at radius 3 is 0.844 bits per heavy atom. The van der Waals surface area contributed by atoms with Gasteiger partial charge in [-0.25, -0.2) is 28.8 Å². The van der Waals surface area contributed by atoms with Crippen LogP contribution in [0.15, 0.2) is 36.4 Å². The highest BCUT2D eigenvalue weighted by Crippen LogP contribution is 2.30. The number of carbonyl (C=O) groups excluding carboxylic acids is 9. The van der Waals surface area contributed by atoms with Gasteiger partial charge >= 0.3 is 53.7 Å². The zero-order valence-corrected chi connectivity index (χ0v) is 85.0. The molecule has 31 heteroatoms. The first-order chi connectivity index (χ1) is 64.7. The first kappa shape index (κ1) is 124. The minimum Gasteiger partial charge on any atom is -0.469 e. The van der Waals surface area contributed by atoms with E-state index < -0.39 is 146 Å². The van der Waals surface area contributed by atoms with Gasteiger partial charge < -0.3 is 106 Å². The molecule has 0 bridgehead atoms. The number of rotatable bonds is 85. The predicted molar refractivity (Wildman–Crippen MR) is 513 cm³/mol. The molecule has 0 spiro atoms. The van der Waals surface area contributed by atoms with Crippen molar-refractivity contribution in [2.75, 3.05) is 87.4 Å². The molecule has 2 aromatic carbocycles. The normalized spacial score (nSPS) is 15.4. The molecule has 5 N–H and O–H groups in total. The summed E-state index contributed by atoms with van der Waals surface area (Å²) in [6.07, 6.45) is 14.6. The van der Waals surface area contributed by atoms with Crippen molar-refractivity contribution in [3.63, 3.8) is 0 Å². The predicted octanol–water partition coefficient (Wildman–Crippen LogP) is 18.1. The van der Waals surface area contributed by atoms with E-state index in [4.69, 9.17) is 80.5 Å². The Kier molecular flexibility index (Phi) is 70.8. The fourth-order valence-electron chi connectivity index (χ4n) is 15.3. The summed E-state index contributed by atoms with van der Waals surface area (Å²) in [6, 6.07) is 7.81. The van der Waals surface area contributed by atoms with E-state index in [1.807, 2.05) is 0 Å². The molecule has 135 heavy (non-hydrogen) atoms. The highest BCUT2D eigenvalue weighted by molar-refractivity contribution is 6.06. The van der Waals surface area contributed by atoms with E-state index >= 15 is 4.79 Å². The number of ether oxygens (including phenoxy) is 17. The van der Waals surface area contributed by atoms with E-state index in [0.29, 0.717) is 109 Å². The van der Waals surface area contributed by atoms with Crippen LogP contribution in [-0.2, 0) is 94.9 Å². The number of hydrogen-bond acceptors (Lipinski definition) is 31. The van der Waals surface area contributed by atoms with Gasteiger partial charge in [0.1, 0.15) is 42.7 Å². The Morgan fingerprint density at radius 2 is 0.519 bits per heavy atom. The van der Waals surface area contributed by atoms with Crippen molar-refractivity contribution in [2.24, 2.45) is 0 Å². The summed E-state index contributed by atoms with van der Waals surface area (Å²) in [4.78, 5) is 125. The fourth-order valence-corrected chi connectivity index (χ4v) is 15.3. The summed E-state index contributed by atoms with van der Waals surface area (Å²) >= 11 is 0. The number of aliphatic hydroxyl groups is 5. The van der Waals surface area contributed by atoms with Gasteiger partial charge in [-0.15, -0.1) is 0 Å². The number of aliphatic hydroxyl groups excluding tert-OH is 5. The van der Waals surface area contributed by atoms with E-state index in [9.17, 15) is 63.9 Å². The van der Waals surface area contributed by atoms with Crippen LogP contribution in [-0.4, -0.2) is 270 Å². The minimum atomic E-state index is -1.02. The van der Waals surface area contributed by atoms with Crippen molar-refractivity contribution in [1.82, 2.24) is 0 Å². The zero-order valence-electron chi connectivity index (χ0n) is 85.0. The van der Waals surface area contributed by atoms with Crippen molar-refractivity contribution >= 4 is 53.7 Å². The largest absolute Gasteiger partial charge is 0.469 e. The first-order valence-electron chi connectivity index (χ1n) is 50.7. The van der Waals surface area contributed by atoms with Gasteiger partial charge in [0.25, 0.3) is 0 Å². The highest BCUT2D eigenvalue weighted by Gasteiger charge is 2.36. The van der Waals surface area contributed by atoms with Crippen molar-refractivity contribution in [3.05, 3.63) is 69.8 Å². The smallest absolute Gasteiger partial charge is 0.339 e. The van der Waals surface area contributed by atoms with Crippen LogP contribution in [0.2, 0.25) is 0 Å². The summed E-state index contributed by atoms with van der Waals surface area (Å²) in [6.45, 7) is 21.9.